The van der Waals surface area contributed by atoms with E-state index in [0.717, 1.165) is 30.6 Å². The van der Waals surface area contributed by atoms with Gasteiger partial charge in [-0.25, -0.2) is 0 Å². The second kappa shape index (κ2) is 10.0. The molecule has 1 unspecified atom stereocenters. The van der Waals surface area contributed by atoms with Crippen molar-refractivity contribution in [1.82, 2.24) is 10.2 Å². The molecule has 0 radical (unpaired) electrons. The van der Waals surface area contributed by atoms with Crippen molar-refractivity contribution in [1.29, 1.82) is 0 Å². The van der Waals surface area contributed by atoms with Gasteiger partial charge in [0.05, 0.1) is 13.5 Å². The molecule has 0 aliphatic carbocycles. The molecule has 1 aliphatic rings. The summed E-state index contributed by atoms with van der Waals surface area (Å²) in [6.45, 7) is 1.75. The number of carbonyl (C=O) groups excluding carboxylic acids is 2. The molecule has 1 saturated heterocycles. The lowest BCUT2D eigenvalue weighted by atomic mass is 10.00. The van der Waals surface area contributed by atoms with Gasteiger partial charge in [-0.05, 0) is 42.9 Å². The fourth-order valence-electron chi connectivity index (χ4n) is 3.07. The second-order valence-corrected chi connectivity index (χ2v) is 6.49. The predicted molar refractivity (Wildman–Crippen MR) is 95.3 cm³/mol. The predicted octanol–water partition coefficient (Wildman–Crippen LogP) is 1.36. The summed E-state index contributed by atoms with van der Waals surface area (Å²) in [6, 6.07) is 7.48. The number of aliphatic hydroxyl groups is 1. The molecule has 1 atom stereocenters. The van der Waals surface area contributed by atoms with Crippen LogP contribution < -0.4 is 10.1 Å². The number of benzene rings is 1. The monoisotopic (exact) mass is 348 g/mol. The van der Waals surface area contributed by atoms with Crippen LogP contribution in [0.4, 0.5) is 0 Å². The Hall–Kier alpha value is -2.08. The average molecular weight is 348 g/mol. The number of rotatable bonds is 4. The van der Waals surface area contributed by atoms with Crippen molar-refractivity contribution in [2.24, 2.45) is 5.92 Å². The molecule has 1 aromatic rings. The molecule has 0 spiro atoms. The van der Waals surface area contributed by atoms with E-state index >= 15 is 0 Å². The summed E-state index contributed by atoms with van der Waals surface area (Å²) in [5.74, 6) is 0.875. The summed E-state index contributed by atoms with van der Waals surface area (Å²) in [4.78, 5) is 26.3. The minimum atomic E-state index is -0.0437. The maximum Gasteiger partial charge on any atom is 0.227 e. The van der Waals surface area contributed by atoms with Crippen molar-refractivity contribution in [3.8, 4) is 5.75 Å². The highest BCUT2D eigenvalue weighted by Crippen LogP contribution is 2.15. The highest BCUT2D eigenvalue weighted by molar-refractivity contribution is 5.80. The Kier molecular flexibility index (Phi) is 7.73. The number of nitrogens with zero attached hydrogens (tertiary/aromatic N) is 1. The van der Waals surface area contributed by atoms with E-state index in [1.807, 2.05) is 24.3 Å². The molecule has 1 aromatic carbocycles. The molecule has 2 rings (SSSR count). The molecular formula is C19H28N2O4. The fourth-order valence-corrected chi connectivity index (χ4v) is 3.07. The van der Waals surface area contributed by atoms with Gasteiger partial charge in [0.15, 0.2) is 0 Å². The molecule has 1 heterocycles. The number of nitrogens with one attached hydrogen (secondary N) is 1. The Bertz CT molecular complexity index is 576. The van der Waals surface area contributed by atoms with Gasteiger partial charge in [-0.3, -0.25) is 9.59 Å². The quantitative estimate of drug-likeness (QED) is 0.861. The van der Waals surface area contributed by atoms with E-state index in [4.69, 9.17) is 4.74 Å². The van der Waals surface area contributed by atoms with E-state index in [9.17, 15) is 14.7 Å². The lowest BCUT2D eigenvalue weighted by molar-refractivity contribution is -0.131. The zero-order valence-corrected chi connectivity index (χ0v) is 14.9. The molecule has 2 N–H and O–H groups in total. The normalized spacial score (nSPS) is 19.7. The highest BCUT2D eigenvalue weighted by atomic mass is 16.5. The minimum absolute atomic E-state index is 0.0147. The molecule has 6 heteroatoms. The first-order valence-corrected chi connectivity index (χ1v) is 8.90. The molecule has 1 aliphatic heterocycles. The lowest BCUT2D eigenvalue weighted by Gasteiger charge is -2.23. The Morgan fingerprint density at radius 3 is 2.96 bits per heavy atom. The van der Waals surface area contributed by atoms with Crippen LogP contribution in [0.3, 0.4) is 0 Å². The summed E-state index contributed by atoms with van der Waals surface area (Å²) in [6.07, 6.45) is 3.08. The Balaban J connectivity index is 2.00. The smallest absolute Gasteiger partial charge is 0.227 e. The number of methoxy groups -OCH3 is 1. The third-order valence-corrected chi connectivity index (χ3v) is 4.62. The topological polar surface area (TPSA) is 78.9 Å². The number of amides is 2. The zero-order chi connectivity index (χ0) is 18.1. The van der Waals surface area contributed by atoms with Crippen LogP contribution in [-0.2, 0) is 16.0 Å². The van der Waals surface area contributed by atoms with Crippen LogP contribution in [-0.4, -0.2) is 55.2 Å². The largest absolute Gasteiger partial charge is 0.497 e. The van der Waals surface area contributed by atoms with Crippen molar-refractivity contribution < 1.29 is 19.4 Å². The minimum Gasteiger partial charge on any atom is -0.497 e. The average Bonchev–Trinajstić information content (AvgIpc) is 2.66. The Morgan fingerprint density at radius 2 is 2.20 bits per heavy atom. The third-order valence-electron chi connectivity index (χ3n) is 4.62. The van der Waals surface area contributed by atoms with Crippen LogP contribution in [0, 0.1) is 5.92 Å². The number of hydrogen-bond donors (Lipinski definition) is 2. The van der Waals surface area contributed by atoms with E-state index < -0.39 is 0 Å². The fraction of sp³-hybridized carbons (Fsp3) is 0.579. The molecule has 0 saturated carbocycles. The van der Waals surface area contributed by atoms with Crippen molar-refractivity contribution >= 4 is 11.8 Å². The van der Waals surface area contributed by atoms with Crippen molar-refractivity contribution in [3.05, 3.63) is 29.8 Å². The number of carbonyl (C=O) groups is 2. The van der Waals surface area contributed by atoms with Crippen LogP contribution in [0.1, 0.15) is 31.2 Å². The molecule has 1 fully saturated rings. The summed E-state index contributed by atoms with van der Waals surface area (Å²) in [5, 5.41) is 12.3. The number of hydrogen-bond acceptors (Lipinski definition) is 4. The summed E-state index contributed by atoms with van der Waals surface area (Å²) in [7, 11) is 1.60. The summed E-state index contributed by atoms with van der Waals surface area (Å²) in [5.41, 5.74) is 0.899. The first-order valence-electron chi connectivity index (χ1n) is 8.90. The van der Waals surface area contributed by atoms with E-state index in [1.165, 1.54) is 0 Å². The van der Waals surface area contributed by atoms with Gasteiger partial charge < -0.3 is 20.1 Å². The SMILES string of the molecule is COc1cccc(CC(=O)N2CCCC(CO)CCNC(=O)CC2)c1. The summed E-state index contributed by atoms with van der Waals surface area (Å²) < 4.78 is 5.20. The first kappa shape index (κ1) is 19.2. The molecule has 0 aromatic heterocycles. The zero-order valence-electron chi connectivity index (χ0n) is 14.9. The van der Waals surface area contributed by atoms with Gasteiger partial charge in [0.2, 0.25) is 11.8 Å². The second-order valence-electron chi connectivity index (χ2n) is 6.49. The Morgan fingerprint density at radius 1 is 1.36 bits per heavy atom. The highest BCUT2D eigenvalue weighted by Gasteiger charge is 2.18. The van der Waals surface area contributed by atoms with Gasteiger partial charge in [-0.15, -0.1) is 0 Å². The van der Waals surface area contributed by atoms with Crippen LogP contribution in [0.2, 0.25) is 0 Å². The van der Waals surface area contributed by atoms with Crippen LogP contribution in [0.5, 0.6) is 5.75 Å². The van der Waals surface area contributed by atoms with Gasteiger partial charge >= 0.3 is 0 Å². The van der Waals surface area contributed by atoms with Gasteiger partial charge in [0.25, 0.3) is 0 Å². The molecule has 25 heavy (non-hydrogen) atoms. The maximum absolute atomic E-state index is 12.7. The Labute approximate surface area is 149 Å². The van der Waals surface area contributed by atoms with E-state index in [-0.39, 0.29) is 24.3 Å². The molecule has 2 amide bonds. The van der Waals surface area contributed by atoms with Gasteiger partial charge in [0, 0.05) is 32.7 Å². The van der Waals surface area contributed by atoms with Crippen LogP contribution >= 0.6 is 0 Å². The standard InChI is InChI=1S/C19H28N2O4/c1-25-17-6-2-4-16(12-17)13-19(24)21-10-3-5-15(14-22)7-9-20-18(23)8-11-21/h2,4,6,12,15,22H,3,5,7-11,13-14H2,1H3,(H,20,23). The van der Waals surface area contributed by atoms with E-state index in [0.29, 0.717) is 32.5 Å². The first-order chi connectivity index (χ1) is 12.1. The number of aliphatic hydroxyl groups excluding tert-OH is 1. The van der Waals surface area contributed by atoms with Crippen LogP contribution in [0.15, 0.2) is 24.3 Å². The molecule has 138 valence electrons. The molecule has 0 bridgehead atoms. The number of ether oxygens (including phenoxy) is 1. The van der Waals surface area contributed by atoms with E-state index in [2.05, 4.69) is 5.32 Å². The van der Waals surface area contributed by atoms with Crippen LogP contribution in [0.25, 0.3) is 0 Å². The summed E-state index contributed by atoms with van der Waals surface area (Å²) >= 11 is 0. The van der Waals surface area contributed by atoms with Crippen molar-refractivity contribution in [2.75, 3.05) is 33.4 Å². The molecule has 6 nitrogen and oxygen atoms in total. The third kappa shape index (κ3) is 6.38. The van der Waals surface area contributed by atoms with Gasteiger partial charge in [-0.2, -0.15) is 0 Å². The van der Waals surface area contributed by atoms with Gasteiger partial charge in [0.1, 0.15) is 5.75 Å². The van der Waals surface area contributed by atoms with E-state index in [1.54, 1.807) is 12.0 Å². The lowest BCUT2D eigenvalue weighted by Crippen LogP contribution is -2.36. The van der Waals surface area contributed by atoms with Crippen molar-refractivity contribution in [2.45, 2.75) is 32.1 Å². The maximum atomic E-state index is 12.7. The van der Waals surface area contributed by atoms with Gasteiger partial charge in [-0.1, -0.05) is 12.1 Å². The molecular weight excluding hydrogens is 320 g/mol. The van der Waals surface area contributed by atoms with Crippen molar-refractivity contribution in [3.63, 3.8) is 0 Å².